The van der Waals surface area contributed by atoms with Crippen LogP contribution in [0.25, 0.3) is 0 Å². The van der Waals surface area contributed by atoms with E-state index in [4.69, 9.17) is 4.74 Å². The standard InChI is InChI=1S/C24H31N3O2/c1-26(2)22-17-20(10-13-25-22)21-9-6-14-27(21)23(28)24(11-15-29-16-12-24)18-19-7-4-3-5-8-19/h3-5,7-8,10,13,17,21H,6,9,11-12,14-16,18H2,1-2H3. The van der Waals surface area contributed by atoms with Crippen LogP contribution in [0.3, 0.4) is 0 Å². The topological polar surface area (TPSA) is 45.7 Å². The summed E-state index contributed by atoms with van der Waals surface area (Å²) in [5.41, 5.74) is 2.06. The van der Waals surface area contributed by atoms with Crippen LogP contribution in [-0.2, 0) is 16.0 Å². The SMILES string of the molecule is CN(C)c1cc(C2CCCN2C(=O)C2(Cc3ccccc3)CCOCC2)ccn1. The number of amides is 1. The Balaban J connectivity index is 1.62. The maximum atomic E-state index is 14.0. The van der Waals surface area contributed by atoms with Crippen molar-refractivity contribution in [1.29, 1.82) is 0 Å². The number of ether oxygens (including phenoxy) is 1. The van der Waals surface area contributed by atoms with Gasteiger partial charge in [-0.3, -0.25) is 4.79 Å². The largest absolute Gasteiger partial charge is 0.381 e. The number of hydrogen-bond donors (Lipinski definition) is 0. The van der Waals surface area contributed by atoms with E-state index in [1.54, 1.807) is 0 Å². The van der Waals surface area contributed by atoms with E-state index in [-0.39, 0.29) is 11.5 Å². The zero-order valence-electron chi connectivity index (χ0n) is 17.5. The predicted octanol–water partition coefficient (Wildman–Crippen LogP) is 3.85. The molecular formula is C24H31N3O2. The number of benzene rings is 1. The fourth-order valence-electron chi connectivity index (χ4n) is 4.76. The Morgan fingerprint density at radius 3 is 2.69 bits per heavy atom. The second-order valence-corrected chi connectivity index (χ2v) is 8.55. The molecule has 0 aliphatic carbocycles. The first-order valence-electron chi connectivity index (χ1n) is 10.7. The van der Waals surface area contributed by atoms with Gasteiger partial charge in [-0.25, -0.2) is 4.98 Å². The summed E-state index contributed by atoms with van der Waals surface area (Å²) < 4.78 is 5.64. The second-order valence-electron chi connectivity index (χ2n) is 8.55. The molecule has 2 fully saturated rings. The molecule has 2 aliphatic rings. The molecule has 1 aromatic carbocycles. The normalized spacial score (nSPS) is 21.2. The number of hydrogen-bond acceptors (Lipinski definition) is 4. The van der Waals surface area contributed by atoms with E-state index < -0.39 is 0 Å². The third-order valence-electron chi connectivity index (χ3n) is 6.42. The monoisotopic (exact) mass is 393 g/mol. The van der Waals surface area contributed by atoms with Crippen molar-refractivity contribution in [3.63, 3.8) is 0 Å². The van der Waals surface area contributed by atoms with Crippen molar-refractivity contribution in [2.45, 2.75) is 38.1 Å². The van der Waals surface area contributed by atoms with Gasteiger partial charge in [0.2, 0.25) is 5.91 Å². The minimum Gasteiger partial charge on any atom is -0.381 e. The lowest BCUT2D eigenvalue weighted by molar-refractivity contribution is -0.149. The van der Waals surface area contributed by atoms with Gasteiger partial charge < -0.3 is 14.5 Å². The third-order valence-corrected chi connectivity index (χ3v) is 6.42. The summed E-state index contributed by atoms with van der Waals surface area (Å²) in [4.78, 5) is 22.6. The van der Waals surface area contributed by atoms with Crippen molar-refractivity contribution < 1.29 is 9.53 Å². The Hall–Kier alpha value is -2.40. The minimum atomic E-state index is -0.362. The Bertz CT molecular complexity index is 831. The van der Waals surface area contributed by atoms with Crippen LogP contribution in [0.2, 0.25) is 0 Å². The Kier molecular flexibility index (Phi) is 5.86. The Morgan fingerprint density at radius 2 is 1.97 bits per heavy atom. The van der Waals surface area contributed by atoms with Crippen molar-refractivity contribution >= 4 is 11.7 Å². The molecule has 29 heavy (non-hydrogen) atoms. The number of nitrogens with zero attached hydrogens (tertiary/aromatic N) is 3. The molecule has 0 radical (unpaired) electrons. The predicted molar refractivity (Wildman–Crippen MR) is 115 cm³/mol. The summed E-state index contributed by atoms with van der Waals surface area (Å²) >= 11 is 0. The number of pyridine rings is 1. The molecule has 0 spiro atoms. The van der Waals surface area contributed by atoms with E-state index in [1.165, 1.54) is 11.1 Å². The van der Waals surface area contributed by atoms with Crippen LogP contribution in [0.5, 0.6) is 0 Å². The molecule has 2 aromatic rings. The van der Waals surface area contributed by atoms with Crippen LogP contribution in [-0.4, -0.2) is 49.6 Å². The average molecular weight is 394 g/mol. The lowest BCUT2D eigenvalue weighted by atomic mass is 9.73. The maximum absolute atomic E-state index is 14.0. The van der Waals surface area contributed by atoms with Gasteiger partial charge in [0, 0.05) is 40.1 Å². The van der Waals surface area contributed by atoms with Gasteiger partial charge >= 0.3 is 0 Å². The van der Waals surface area contributed by atoms with Crippen LogP contribution in [0, 0.1) is 5.41 Å². The molecule has 4 rings (SSSR count). The average Bonchev–Trinajstić information content (AvgIpc) is 3.24. The Morgan fingerprint density at radius 1 is 1.21 bits per heavy atom. The van der Waals surface area contributed by atoms with E-state index in [0.29, 0.717) is 19.1 Å². The highest BCUT2D eigenvalue weighted by molar-refractivity contribution is 5.84. The van der Waals surface area contributed by atoms with E-state index in [9.17, 15) is 4.79 Å². The van der Waals surface area contributed by atoms with Gasteiger partial charge in [-0.2, -0.15) is 0 Å². The highest BCUT2D eigenvalue weighted by atomic mass is 16.5. The van der Waals surface area contributed by atoms with Crippen LogP contribution in [0.1, 0.15) is 42.9 Å². The molecule has 1 aromatic heterocycles. The van der Waals surface area contributed by atoms with E-state index in [0.717, 1.165) is 44.5 Å². The minimum absolute atomic E-state index is 0.139. The van der Waals surface area contributed by atoms with Gasteiger partial charge in [-0.1, -0.05) is 30.3 Å². The molecule has 5 nitrogen and oxygen atoms in total. The molecule has 0 saturated carbocycles. The smallest absolute Gasteiger partial charge is 0.229 e. The molecule has 0 N–H and O–H groups in total. The van der Waals surface area contributed by atoms with Crippen molar-refractivity contribution in [2.24, 2.45) is 5.41 Å². The first-order chi connectivity index (χ1) is 14.1. The quantitative estimate of drug-likeness (QED) is 0.774. The van der Waals surface area contributed by atoms with Gasteiger partial charge in [0.05, 0.1) is 11.5 Å². The van der Waals surface area contributed by atoms with E-state index in [2.05, 4.69) is 46.3 Å². The first-order valence-corrected chi connectivity index (χ1v) is 10.7. The lowest BCUT2D eigenvalue weighted by Gasteiger charge is -2.40. The summed E-state index contributed by atoms with van der Waals surface area (Å²) in [6.45, 7) is 2.16. The van der Waals surface area contributed by atoms with Crippen molar-refractivity contribution in [1.82, 2.24) is 9.88 Å². The molecule has 1 atom stereocenters. The van der Waals surface area contributed by atoms with Crippen LogP contribution in [0.15, 0.2) is 48.7 Å². The van der Waals surface area contributed by atoms with E-state index >= 15 is 0 Å². The molecule has 2 saturated heterocycles. The number of aromatic nitrogens is 1. The van der Waals surface area contributed by atoms with Crippen LogP contribution >= 0.6 is 0 Å². The molecule has 2 aliphatic heterocycles. The molecule has 1 unspecified atom stereocenters. The maximum Gasteiger partial charge on any atom is 0.229 e. The fraction of sp³-hybridized carbons (Fsp3) is 0.500. The number of rotatable bonds is 5. The number of likely N-dealkylation sites (tertiary alicyclic amines) is 1. The number of carbonyl (C=O) groups excluding carboxylic acids is 1. The summed E-state index contributed by atoms with van der Waals surface area (Å²) in [6, 6.07) is 14.8. The first kappa shape index (κ1) is 19.9. The molecule has 154 valence electrons. The molecule has 3 heterocycles. The summed E-state index contributed by atoms with van der Waals surface area (Å²) in [6.07, 6.45) is 6.30. The third kappa shape index (κ3) is 4.15. The van der Waals surface area contributed by atoms with Gasteiger partial charge in [0.1, 0.15) is 5.82 Å². The Labute approximate surface area is 173 Å². The van der Waals surface area contributed by atoms with Crippen LogP contribution < -0.4 is 4.90 Å². The van der Waals surface area contributed by atoms with Crippen molar-refractivity contribution in [3.05, 3.63) is 59.8 Å². The van der Waals surface area contributed by atoms with E-state index in [1.807, 2.05) is 31.3 Å². The van der Waals surface area contributed by atoms with Crippen molar-refractivity contribution in [3.8, 4) is 0 Å². The number of anilines is 1. The second kappa shape index (κ2) is 8.54. The highest BCUT2D eigenvalue weighted by Crippen LogP contribution is 2.42. The highest BCUT2D eigenvalue weighted by Gasteiger charge is 2.45. The zero-order chi connectivity index (χ0) is 20.3. The van der Waals surface area contributed by atoms with Crippen LogP contribution in [0.4, 0.5) is 5.82 Å². The van der Waals surface area contributed by atoms with Gasteiger partial charge in [0.15, 0.2) is 0 Å². The summed E-state index contributed by atoms with van der Waals surface area (Å²) in [7, 11) is 4.00. The van der Waals surface area contributed by atoms with Gasteiger partial charge in [0.25, 0.3) is 0 Å². The molecule has 1 amide bonds. The lowest BCUT2D eigenvalue weighted by Crippen LogP contribution is -2.48. The zero-order valence-corrected chi connectivity index (χ0v) is 17.5. The van der Waals surface area contributed by atoms with Gasteiger partial charge in [-0.05, 0) is 55.4 Å². The summed E-state index contributed by atoms with van der Waals surface area (Å²) in [5.74, 6) is 1.24. The van der Waals surface area contributed by atoms with Crippen molar-refractivity contribution in [2.75, 3.05) is 38.8 Å². The molecular weight excluding hydrogens is 362 g/mol. The summed E-state index contributed by atoms with van der Waals surface area (Å²) in [5, 5.41) is 0. The van der Waals surface area contributed by atoms with Gasteiger partial charge in [-0.15, -0.1) is 0 Å². The molecule has 5 heteroatoms. The number of carbonyl (C=O) groups is 1. The molecule has 0 bridgehead atoms. The fourth-order valence-corrected chi connectivity index (χ4v) is 4.76.